The van der Waals surface area contributed by atoms with Crippen LogP contribution in [0.1, 0.15) is 51.5 Å². The molecule has 1 aliphatic carbocycles. The van der Waals surface area contributed by atoms with Crippen molar-refractivity contribution in [1.29, 1.82) is 0 Å². The lowest BCUT2D eigenvalue weighted by atomic mass is 9.69. The average molecular weight is 312 g/mol. The first-order chi connectivity index (χ1) is 10.0. The van der Waals surface area contributed by atoms with Crippen LogP contribution < -0.4 is 15.2 Å². The minimum absolute atomic E-state index is 0.0149. The van der Waals surface area contributed by atoms with Crippen LogP contribution in [-0.2, 0) is 5.41 Å². The van der Waals surface area contributed by atoms with Crippen LogP contribution in [0, 0.1) is 0 Å². The molecule has 0 saturated heterocycles. The second kappa shape index (κ2) is 6.89. The Morgan fingerprint density at radius 2 is 1.86 bits per heavy atom. The number of nitrogens with two attached hydrogens (primary N) is 1. The van der Waals surface area contributed by atoms with E-state index in [9.17, 15) is 0 Å². The Labute approximate surface area is 132 Å². The maximum Gasteiger partial charge on any atom is 0.163 e. The predicted octanol–water partition coefficient (Wildman–Crippen LogP) is 4.30. The van der Waals surface area contributed by atoms with Gasteiger partial charge in [0.2, 0.25) is 0 Å². The molecule has 3 nitrogen and oxygen atoms in total. The molecule has 21 heavy (non-hydrogen) atoms. The van der Waals surface area contributed by atoms with Crippen LogP contribution in [0.3, 0.4) is 0 Å². The second-order valence-electron chi connectivity index (χ2n) is 6.19. The predicted molar refractivity (Wildman–Crippen MR) is 87.6 cm³/mol. The topological polar surface area (TPSA) is 44.5 Å². The number of hydrogen-bond donors (Lipinski definition) is 1. The summed E-state index contributed by atoms with van der Waals surface area (Å²) in [7, 11) is 1.66. The van der Waals surface area contributed by atoms with Crippen molar-refractivity contribution in [3.8, 4) is 11.5 Å². The Bertz CT molecular complexity index is 482. The number of methoxy groups -OCH3 is 1. The van der Waals surface area contributed by atoms with Gasteiger partial charge in [0.05, 0.1) is 13.2 Å². The quantitative estimate of drug-likeness (QED) is 0.882. The van der Waals surface area contributed by atoms with Crippen LogP contribution in [0.4, 0.5) is 0 Å². The van der Waals surface area contributed by atoms with Gasteiger partial charge in [0.25, 0.3) is 0 Å². The van der Waals surface area contributed by atoms with E-state index in [0.717, 1.165) is 29.2 Å². The van der Waals surface area contributed by atoms with Gasteiger partial charge in [-0.15, -0.1) is 0 Å². The highest BCUT2D eigenvalue weighted by molar-refractivity contribution is 6.31. The molecule has 0 amide bonds. The van der Waals surface area contributed by atoms with E-state index >= 15 is 0 Å². The van der Waals surface area contributed by atoms with E-state index in [1.165, 1.54) is 19.3 Å². The number of hydrogen-bond acceptors (Lipinski definition) is 3. The van der Waals surface area contributed by atoms with Crippen molar-refractivity contribution in [2.45, 2.75) is 57.5 Å². The standard InChI is InChI=1S/C17H26ClNO2/c1-12(2)21-16-10-14(18)13(9-15(16)20-3)17(11-19)7-5-4-6-8-17/h9-10,12H,4-8,11,19H2,1-3H3. The monoisotopic (exact) mass is 311 g/mol. The van der Waals surface area contributed by atoms with Crippen molar-refractivity contribution in [3.05, 3.63) is 22.7 Å². The van der Waals surface area contributed by atoms with E-state index in [1.54, 1.807) is 7.11 Å². The molecule has 2 N–H and O–H groups in total. The molecule has 0 heterocycles. The van der Waals surface area contributed by atoms with E-state index in [4.69, 9.17) is 26.8 Å². The highest BCUT2D eigenvalue weighted by atomic mass is 35.5. The molecule has 0 atom stereocenters. The third-order valence-electron chi connectivity index (χ3n) is 4.39. The van der Waals surface area contributed by atoms with Gasteiger partial charge >= 0.3 is 0 Å². The lowest BCUT2D eigenvalue weighted by Crippen LogP contribution is -2.37. The van der Waals surface area contributed by atoms with Gasteiger partial charge in [-0.3, -0.25) is 0 Å². The number of benzene rings is 1. The summed E-state index contributed by atoms with van der Waals surface area (Å²) >= 11 is 6.55. The van der Waals surface area contributed by atoms with Crippen LogP contribution >= 0.6 is 11.6 Å². The van der Waals surface area contributed by atoms with Crippen LogP contribution in [-0.4, -0.2) is 19.8 Å². The van der Waals surface area contributed by atoms with Crippen LogP contribution in [0.5, 0.6) is 11.5 Å². The molecule has 0 aliphatic heterocycles. The fourth-order valence-electron chi connectivity index (χ4n) is 3.26. The fourth-order valence-corrected chi connectivity index (χ4v) is 3.61. The van der Waals surface area contributed by atoms with Gasteiger partial charge in [-0.1, -0.05) is 30.9 Å². The first-order valence-corrected chi connectivity index (χ1v) is 8.15. The SMILES string of the molecule is COc1cc(C2(CN)CCCCC2)c(Cl)cc1OC(C)C. The zero-order valence-corrected chi connectivity index (χ0v) is 14.0. The highest BCUT2D eigenvalue weighted by Crippen LogP contribution is 2.45. The first-order valence-electron chi connectivity index (χ1n) is 7.77. The summed E-state index contributed by atoms with van der Waals surface area (Å²) in [5, 5.41) is 0.735. The lowest BCUT2D eigenvalue weighted by Gasteiger charge is -2.37. The molecule has 0 radical (unpaired) electrons. The van der Waals surface area contributed by atoms with Crippen molar-refractivity contribution >= 4 is 11.6 Å². The maximum atomic E-state index is 6.55. The third kappa shape index (κ3) is 3.46. The molecular formula is C17H26ClNO2. The van der Waals surface area contributed by atoms with E-state index in [-0.39, 0.29) is 11.5 Å². The summed E-state index contributed by atoms with van der Waals surface area (Å²) in [6.45, 7) is 4.60. The number of rotatable bonds is 5. The Kier molecular flexibility index (Phi) is 5.39. The molecule has 1 saturated carbocycles. The molecule has 0 aromatic heterocycles. The normalized spacial score (nSPS) is 17.8. The van der Waals surface area contributed by atoms with Crippen molar-refractivity contribution in [2.24, 2.45) is 5.73 Å². The highest BCUT2D eigenvalue weighted by Gasteiger charge is 2.35. The molecule has 0 bridgehead atoms. The van der Waals surface area contributed by atoms with E-state index in [2.05, 4.69) is 0 Å². The second-order valence-corrected chi connectivity index (χ2v) is 6.60. The summed E-state index contributed by atoms with van der Waals surface area (Å²) in [6.07, 6.45) is 5.97. The van der Waals surface area contributed by atoms with Gasteiger partial charge in [0, 0.05) is 23.0 Å². The van der Waals surface area contributed by atoms with Gasteiger partial charge in [-0.2, -0.15) is 0 Å². The molecule has 118 valence electrons. The molecular weight excluding hydrogens is 286 g/mol. The van der Waals surface area contributed by atoms with Crippen LogP contribution in [0.2, 0.25) is 5.02 Å². The number of halogens is 1. The van der Waals surface area contributed by atoms with Crippen molar-refractivity contribution < 1.29 is 9.47 Å². The molecule has 1 aromatic rings. The maximum absolute atomic E-state index is 6.55. The van der Waals surface area contributed by atoms with E-state index in [0.29, 0.717) is 12.3 Å². The van der Waals surface area contributed by atoms with Gasteiger partial charge in [0.1, 0.15) is 0 Å². The largest absolute Gasteiger partial charge is 0.493 e. The molecule has 2 rings (SSSR count). The van der Waals surface area contributed by atoms with Crippen molar-refractivity contribution in [2.75, 3.05) is 13.7 Å². The molecule has 1 fully saturated rings. The zero-order chi connectivity index (χ0) is 15.5. The molecule has 0 spiro atoms. The van der Waals surface area contributed by atoms with E-state index < -0.39 is 0 Å². The summed E-state index contributed by atoms with van der Waals surface area (Å²) in [5.74, 6) is 1.44. The third-order valence-corrected chi connectivity index (χ3v) is 4.70. The van der Waals surface area contributed by atoms with Gasteiger partial charge < -0.3 is 15.2 Å². The van der Waals surface area contributed by atoms with Crippen LogP contribution in [0.25, 0.3) is 0 Å². The first kappa shape index (κ1) is 16.4. The van der Waals surface area contributed by atoms with Gasteiger partial charge in [-0.25, -0.2) is 0 Å². The molecule has 1 aliphatic rings. The average Bonchev–Trinajstić information content (AvgIpc) is 2.47. The Morgan fingerprint density at radius 1 is 1.19 bits per heavy atom. The van der Waals surface area contributed by atoms with Crippen LogP contribution in [0.15, 0.2) is 12.1 Å². The van der Waals surface area contributed by atoms with Gasteiger partial charge in [-0.05, 0) is 38.3 Å². The Hall–Kier alpha value is -0.930. The minimum Gasteiger partial charge on any atom is -0.493 e. The zero-order valence-electron chi connectivity index (χ0n) is 13.2. The summed E-state index contributed by atoms with van der Waals surface area (Å²) < 4.78 is 11.3. The lowest BCUT2D eigenvalue weighted by molar-refractivity contribution is 0.229. The van der Waals surface area contributed by atoms with Gasteiger partial charge in [0.15, 0.2) is 11.5 Å². The summed E-state index contributed by atoms with van der Waals surface area (Å²) in [6, 6.07) is 3.90. The number of ether oxygens (including phenoxy) is 2. The Balaban J connectivity index is 2.43. The fraction of sp³-hybridized carbons (Fsp3) is 0.647. The van der Waals surface area contributed by atoms with Crippen molar-refractivity contribution in [3.63, 3.8) is 0 Å². The molecule has 0 unspecified atom stereocenters. The molecule has 1 aromatic carbocycles. The summed E-state index contributed by atoms with van der Waals surface area (Å²) in [4.78, 5) is 0. The minimum atomic E-state index is -0.0149. The Morgan fingerprint density at radius 3 is 2.38 bits per heavy atom. The molecule has 4 heteroatoms. The van der Waals surface area contributed by atoms with E-state index in [1.807, 2.05) is 26.0 Å². The smallest absolute Gasteiger partial charge is 0.163 e. The van der Waals surface area contributed by atoms with Crippen molar-refractivity contribution in [1.82, 2.24) is 0 Å². The summed E-state index contributed by atoms with van der Waals surface area (Å²) in [5.41, 5.74) is 7.21.